The molecule has 20 heavy (non-hydrogen) atoms. The molecule has 2 rings (SSSR count). The summed E-state index contributed by atoms with van der Waals surface area (Å²) in [6.07, 6.45) is 2.26. The fraction of sp³-hybridized carbons (Fsp3) is 0.294. The van der Waals surface area contributed by atoms with Crippen molar-refractivity contribution in [3.63, 3.8) is 0 Å². The zero-order valence-electron chi connectivity index (χ0n) is 11.8. The molecule has 0 radical (unpaired) electrons. The minimum atomic E-state index is -0.342. The molecule has 106 valence electrons. The number of benzene rings is 2. The number of anilines is 2. The van der Waals surface area contributed by atoms with Crippen LogP contribution in [0, 0.1) is 5.82 Å². The third-order valence-corrected chi connectivity index (χ3v) is 3.34. The Bertz CT molecular complexity index is 540. The number of rotatable bonds is 6. The molecular formula is C17H21FN2. The molecule has 2 aromatic carbocycles. The van der Waals surface area contributed by atoms with E-state index < -0.39 is 0 Å². The van der Waals surface area contributed by atoms with Gasteiger partial charge in [-0.15, -0.1) is 0 Å². The molecule has 2 aromatic rings. The molecule has 0 amide bonds. The molecule has 0 saturated heterocycles. The Balaban J connectivity index is 2.17. The van der Waals surface area contributed by atoms with Gasteiger partial charge < -0.3 is 10.6 Å². The second kappa shape index (κ2) is 6.94. The molecule has 0 aliphatic rings. The number of nitrogens with two attached hydrogens (primary N) is 1. The average Bonchev–Trinajstić information content (AvgIpc) is 2.48. The lowest BCUT2D eigenvalue weighted by Gasteiger charge is -2.25. The second-order valence-electron chi connectivity index (χ2n) is 4.97. The highest BCUT2D eigenvalue weighted by molar-refractivity contribution is 5.48. The minimum Gasteiger partial charge on any atom is -0.396 e. The fourth-order valence-corrected chi connectivity index (χ4v) is 2.18. The standard InChI is InChI=1S/C17H21FN2/c1-2-3-11-20(15-7-5-4-6-8-15)13-14-9-10-17(19)16(18)12-14/h4-10,12H,2-3,11,13,19H2,1H3. The van der Waals surface area contributed by atoms with E-state index >= 15 is 0 Å². The first-order chi connectivity index (χ1) is 9.70. The van der Waals surface area contributed by atoms with E-state index in [0.29, 0.717) is 6.54 Å². The van der Waals surface area contributed by atoms with Crippen molar-refractivity contribution >= 4 is 11.4 Å². The lowest BCUT2D eigenvalue weighted by Crippen LogP contribution is -2.23. The summed E-state index contributed by atoms with van der Waals surface area (Å²) in [6, 6.07) is 15.3. The predicted octanol–water partition coefficient (Wildman–Crippen LogP) is 4.21. The lowest BCUT2D eigenvalue weighted by molar-refractivity contribution is 0.628. The van der Waals surface area contributed by atoms with Crippen LogP contribution in [0.2, 0.25) is 0 Å². The molecule has 2 N–H and O–H groups in total. The van der Waals surface area contributed by atoms with Gasteiger partial charge in [0.2, 0.25) is 0 Å². The topological polar surface area (TPSA) is 29.3 Å². The van der Waals surface area contributed by atoms with Crippen LogP contribution in [0.5, 0.6) is 0 Å². The van der Waals surface area contributed by atoms with E-state index in [0.717, 1.165) is 30.6 Å². The number of nitrogen functional groups attached to an aromatic ring is 1. The fourth-order valence-electron chi connectivity index (χ4n) is 2.18. The lowest BCUT2D eigenvalue weighted by atomic mass is 10.1. The van der Waals surface area contributed by atoms with E-state index in [4.69, 9.17) is 5.73 Å². The maximum atomic E-state index is 13.5. The van der Waals surface area contributed by atoms with E-state index in [9.17, 15) is 4.39 Å². The van der Waals surface area contributed by atoms with E-state index in [2.05, 4.69) is 24.0 Å². The van der Waals surface area contributed by atoms with Crippen LogP contribution in [0.1, 0.15) is 25.3 Å². The first kappa shape index (κ1) is 14.4. The van der Waals surface area contributed by atoms with Gasteiger partial charge in [-0.2, -0.15) is 0 Å². The Morgan fingerprint density at radius 2 is 1.85 bits per heavy atom. The third kappa shape index (κ3) is 3.73. The number of nitrogens with zero attached hydrogens (tertiary/aromatic N) is 1. The molecule has 0 unspecified atom stereocenters. The summed E-state index contributed by atoms with van der Waals surface area (Å²) in [5.41, 5.74) is 7.83. The summed E-state index contributed by atoms with van der Waals surface area (Å²) in [5.74, 6) is -0.342. The van der Waals surface area contributed by atoms with E-state index in [-0.39, 0.29) is 11.5 Å². The van der Waals surface area contributed by atoms with Crippen LogP contribution in [-0.4, -0.2) is 6.54 Å². The number of unbranched alkanes of at least 4 members (excludes halogenated alkanes) is 1. The summed E-state index contributed by atoms with van der Waals surface area (Å²) in [5, 5.41) is 0. The molecule has 3 heteroatoms. The molecule has 0 aromatic heterocycles. The SMILES string of the molecule is CCCCN(Cc1ccc(N)c(F)c1)c1ccccc1. The summed E-state index contributed by atoms with van der Waals surface area (Å²) >= 11 is 0. The summed E-state index contributed by atoms with van der Waals surface area (Å²) in [6.45, 7) is 3.83. The first-order valence-electron chi connectivity index (χ1n) is 7.04. The van der Waals surface area contributed by atoms with Crippen LogP contribution in [0.15, 0.2) is 48.5 Å². The average molecular weight is 272 g/mol. The Labute approximate surface area is 120 Å². The molecule has 2 nitrogen and oxygen atoms in total. The van der Waals surface area contributed by atoms with Gasteiger partial charge in [-0.25, -0.2) is 4.39 Å². The highest BCUT2D eigenvalue weighted by Gasteiger charge is 2.08. The maximum absolute atomic E-state index is 13.5. The Hall–Kier alpha value is -2.03. The van der Waals surface area contributed by atoms with Crippen molar-refractivity contribution in [3.05, 3.63) is 59.9 Å². The molecule has 0 saturated carbocycles. The largest absolute Gasteiger partial charge is 0.396 e. The Morgan fingerprint density at radius 3 is 2.50 bits per heavy atom. The monoisotopic (exact) mass is 272 g/mol. The molecule has 0 aliphatic carbocycles. The zero-order valence-corrected chi connectivity index (χ0v) is 11.8. The van der Waals surface area contributed by atoms with Crippen LogP contribution in [0.3, 0.4) is 0 Å². The van der Waals surface area contributed by atoms with Crippen molar-refractivity contribution in [2.45, 2.75) is 26.3 Å². The normalized spacial score (nSPS) is 10.5. The zero-order chi connectivity index (χ0) is 14.4. The highest BCUT2D eigenvalue weighted by Crippen LogP contribution is 2.19. The summed E-state index contributed by atoms with van der Waals surface area (Å²) in [4.78, 5) is 2.27. The molecule has 0 bridgehead atoms. The molecule has 0 atom stereocenters. The van der Waals surface area contributed by atoms with Crippen molar-refractivity contribution < 1.29 is 4.39 Å². The van der Waals surface area contributed by atoms with Gasteiger partial charge in [0.1, 0.15) is 5.82 Å². The van der Waals surface area contributed by atoms with E-state index in [1.54, 1.807) is 6.07 Å². The van der Waals surface area contributed by atoms with Crippen molar-refractivity contribution in [1.29, 1.82) is 0 Å². The second-order valence-corrected chi connectivity index (χ2v) is 4.97. The quantitative estimate of drug-likeness (QED) is 0.798. The first-order valence-corrected chi connectivity index (χ1v) is 7.04. The number of halogens is 1. The van der Waals surface area contributed by atoms with Gasteiger partial charge >= 0.3 is 0 Å². The van der Waals surface area contributed by atoms with Crippen molar-refractivity contribution in [3.8, 4) is 0 Å². The van der Waals surface area contributed by atoms with E-state index in [1.807, 2.05) is 24.3 Å². The predicted molar refractivity (Wildman–Crippen MR) is 83.2 cm³/mol. The number of hydrogen-bond acceptors (Lipinski definition) is 2. The van der Waals surface area contributed by atoms with Gasteiger partial charge in [0, 0.05) is 18.8 Å². The molecular weight excluding hydrogens is 251 g/mol. The smallest absolute Gasteiger partial charge is 0.146 e. The van der Waals surface area contributed by atoms with Crippen molar-refractivity contribution in [1.82, 2.24) is 0 Å². The summed E-state index contributed by atoms with van der Waals surface area (Å²) < 4.78 is 13.5. The number of para-hydroxylation sites is 1. The molecule has 0 spiro atoms. The van der Waals surface area contributed by atoms with E-state index in [1.165, 1.54) is 6.07 Å². The van der Waals surface area contributed by atoms with Gasteiger partial charge in [0.25, 0.3) is 0 Å². The molecule has 0 heterocycles. The van der Waals surface area contributed by atoms with Gasteiger partial charge in [0.15, 0.2) is 0 Å². The Kier molecular flexibility index (Phi) is 4.99. The van der Waals surface area contributed by atoms with Crippen molar-refractivity contribution in [2.24, 2.45) is 0 Å². The van der Waals surface area contributed by atoms with Crippen LogP contribution in [0.25, 0.3) is 0 Å². The Morgan fingerprint density at radius 1 is 1.10 bits per heavy atom. The van der Waals surface area contributed by atoms with Gasteiger partial charge in [-0.1, -0.05) is 37.6 Å². The van der Waals surface area contributed by atoms with Crippen molar-refractivity contribution in [2.75, 3.05) is 17.2 Å². The van der Waals surface area contributed by atoms with Crippen LogP contribution in [0.4, 0.5) is 15.8 Å². The van der Waals surface area contributed by atoms with Crippen LogP contribution < -0.4 is 10.6 Å². The van der Waals surface area contributed by atoms with Gasteiger partial charge in [-0.05, 0) is 36.2 Å². The summed E-state index contributed by atoms with van der Waals surface area (Å²) in [7, 11) is 0. The van der Waals surface area contributed by atoms with Crippen LogP contribution in [-0.2, 0) is 6.54 Å². The van der Waals surface area contributed by atoms with Crippen LogP contribution >= 0.6 is 0 Å². The highest BCUT2D eigenvalue weighted by atomic mass is 19.1. The minimum absolute atomic E-state index is 0.202. The molecule has 0 fully saturated rings. The van der Waals surface area contributed by atoms with Gasteiger partial charge in [0.05, 0.1) is 5.69 Å². The molecule has 0 aliphatic heterocycles. The maximum Gasteiger partial charge on any atom is 0.146 e. The number of hydrogen-bond donors (Lipinski definition) is 1. The van der Waals surface area contributed by atoms with Gasteiger partial charge in [-0.3, -0.25) is 0 Å². The third-order valence-electron chi connectivity index (χ3n) is 3.34.